The highest BCUT2D eigenvalue weighted by Crippen LogP contribution is 2.11. The second-order valence-corrected chi connectivity index (χ2v) is 4.89. The zero-order valence-corrected chi connectivity index (χ0v) is 10.1. The molecule has 1 heterocycles. The molecule has 0 saturated carbocycles. The van der Waals surface area contributed by atoms with Crippen LogP contribution < -0.4 is 0 Å². The highest BCUT2D eigenvalue weighted by molar-refractivity contribution is 7.09. The molecule has 0 aromatic carbocycles. The fourth-order valence-corrected chi connectivity index (χ4v) is 2.26. The van der Waals surface area contributed by atoms with Gasteiger partial charge in [-0.25, -0.2) is 0 Å². The van der Waals surface area contributed by atoms with Crippen LogP contribution in [-0.2, 0) is 11.3 Å². The number of carboxylic acid groups (broad SMARTS) is 1. The molecule has 1 aromatic heterocycles. The van der Waals surface area contributed by atoms with Crippen molar-refractivity contribution in [2.45, 2.75) is 25.5 Å². The van der Waals surface area contributed by atoms with Gasteiger partial charge in [0.15, 0.2) is 0 Å². The number of hydrogen-bond donors (Lipinski definition) is 2. The Balaban J connectivity index is 2.22. The van der Waals surface area contributed by atoms with Gasteiger partial charge in [-0.2, -0.15) is 0 Å². The molecule has 1 aromatic rings. The zero-order valence-electron chi connectivity index (χ0n) is 9.30. The van der Waals surface area contributed by atoms with E-state index in [0.29, 0.717) is 13.0 Å². The summed E-state index contributed by atoms with van der Waals surface area (Å²) >= 11 is 1.68. The first-order chi connectivity index (χ1) is 7.58. The first kappa shape index (κ1) is 13.2. The Hall–Kier alpha value is -0.910. The highest BCUT2D eigenvalue weighted by Gasteiger charge is 2.10. The van der Waals surface area contributed by atoms with E-state index in [1.54, 1.807) is 11.3 Å². The van der Waals surface area contributed by atoms with Crippen LogP contribution >= 0.6 is 11.3 Å². The zero-order chi connectivity index (χ0) is 12.0. The van der Waals surface area contributed by atoms with E-state index in [9.17, 15) is 9.90 Å². The standard InChI is InChI=1S/C11H17NO3S/c1-12(8-10-3-2-6-16-10)7-9(13)4-5-11(14)15/h2-3,6,9,13H,4-5,7-8H2,1H3,(H,14,15). The number of likely N-dealkylation sites (N-methyl/N-ethyl adjacent to an activating group) is 1. The first-order valence-electron chi connectivity index (χ1n) is 5.18. The van der Waals surface area contributed by atoms with Crippen LogP contribution in [0.4, 0.5) is 0 Å². The molecule has 0 aliphatic carbocycles. The van der Waals surface area contributed by atoms with Crippen molar-refractivity contribution in [3.63, 3.8) is 0 Å². The maximum atomic E-state index is 10.3. The summed E-state index contributed by atoms with van der Waals surface area (Å²) in [5.41, 5.74) is 0. The molecule has 1 rings (SSSR count). The van der Waals surface area contributed by atoms with Gasteiger partial charge in [-0.15, -0.1) is 11.3 Å². The average Bonchev–Trinajstić information content (AvgIpc) is 2.67. The topological polar surface area (TPSA) is 60.8 Å². The average molecular weight is 243 g/mol. The Kier molecular flexibility index (Phi) is 5.45. The van der Waals surface area contributed by atoms with Gasteiger partial charge in [-0.1, -0.05) is 6.07 Å². The number of carbonyl (C=O) groups is 1. The van der Waals surface area contributed by atoms with Crippen LogP contribution in [0.15, 0.2) is 17.5 Å². The van der Waals surface area contributed by atoms with Crippen LogP contribution in [0, 0.1) is 0 Å². The van der Waals surface area contributed by atoms with E-state index in [1.165, 1.54) is 4.88 Å². The summed E-state index contributed by atoms with van der Waals surface area (Å²) in [5.74, 6) is -0.861. The predicted octanol–water partition coefficient (Wildman–Crippen LogP) is 1.41. The van der Waals surface area contributed by atoms with Gasteiger partial charge in [-0.05, 0) is 24.9 Å². The second kappa shape index (κ2) is 6.62. The molecule has 0 bridgehead atoms. The Labute approximate surface area is 99.1 Å². The molecule has 0 amide bonds. The maximum absolute atomic E-state index is 10.3. The van der Waals surface area contributed by atoms with Crippen molar-refractivity contribution >= 4 is 17.3 Å². The third-order valence-corrected chi connectivity index (χ3v) is 3.08. The lowest BCUT2D eigenvalue weighted by Gasteiger charge is -2.19. The van der Waals surface area contributed by atoms with E-state index in [4.69, 9.17) is 5.11 Å². The van der Waals surface area contributed by atoms with E-state index >= 15 is 0 Å². The van der Waals surface area contributed by atoms with Gasteiger partial charge >= 0.3 is 5.97 Å². The van der Waals surface area contributed by atoms with E-state index in [0.717, 1.165) is 6.54 Å². The van der Waals surface area contributed by atoms with Gasteiger partial charge in [0.05, 0.1) is 6.10 Å². The van der Waals surface area contributed by atoms with Crippen molar-refractivity contribution in [2.75, 3.05) is 13.6 Å². The van der Waals surface area contributed by atoms with Gasteiger partial charge in [0, 0.05) is 24.4 Å². The van der Waals surface area contributed by atoms with Crippen LogP contribution in [0.3, 0.4) is 0 Å². The summed E-state index contributed by atoms with van der Waals surface area (Å²) in [4.78, 5) is 13.6. The summed E-state index contributed by atoms with van der Waals surface area (Å²) in [5, 5.41) is 20.1. The van der Waals surface area contributed by atoms with Gasteiger partial charge in [0.1, 0.15) is 0 Å². The van der Waals surface area contributed by atoms with E-state index in [-0.39, 0.29) is 6.42 Å². The third kappa shape index (κ3) is 5.25. The molecular weight excluding hydrogens is 226 g/mol. The van der Waals surface area contributed by atoms with Crippen molar-refractivity contribution in [3.8, 4) is 0 Å². The molecule has 90 valence electrons. The lowest BCUT2D eigenvalue weighted by molar-refractivity contribution is -0.137. The van der Waals surface area contributed by atoms with Crippen LogP contribution in [-0.4, -0.2) is 40.8 Å². The van der Waals surface area contributed by atoms with Crippen LogP contribution in [0.2, 0.25) is 0 Å². The van der Waals surface area contributed by atoms with E-state index < -0.39 is 12.1 Å². The largest absolute Gasteiger partial charge is 0.481 e. The van der Waals surface area contributed by atoms with E-state index in [2.05, 4.69) is 0 Å². The monoisotopic (exact) mass is 243 g/mol. The minimum absolute atomic E-state index is 0.0218. The van der Waals surface area contributed by atoms with Crippen molar-refractivity contribution in [3.05, 3.63) is 22.4 Å². The number of thiophene rings is 1. The molecule has 2 N–H and O–H groups in total. The minimum Gasteiger partial charge on any atom is -0.481 e. The summed E-state index contributed by atoms with van der Waals surface area (Å²) < 4.78 is 0. The number of carboxylic acids is 1. The SMILES string of the molecule is CN(Cc1cccs1)CC(O)CCC(=O)O. The van der Waals surface area contributed by atoms with Crippen LogP contribution in [0.5, 0.6) is 0 Å². The maximum Gasteiger partial charge on any atom is 0.303 e. The molecular formula is C11H17NO3S. The summed E-state index contributed by atoms with van der Waals surface area (Å²) in [6.07, 6.45) is -0.237. The fourth-order valence-electron chi connectivity index (χ4n) is 1.47. The van der Waals surface area contributed by atoms with Crippen molar-refractivity contribution < 1.29 is 15.0 Å². The number of rotatable bonds is 7. The van der Waals surface area contributed by atoms with Crippen molar-refractivity contribution in [1.82, 2.24) is 4.90 Å². The van der Waals surface area contributed by atoms with Crippen LogP contribution in [0.1, 0.15) is 17.7 Å². The van der Waals surface area contributed by atoms with Crippen molar-refractivity contribution in [2.24, 2.45) is 0 Å². The summed E-state index contributed by atoms with van der Waals surface area (Å²) in [7, 11) is 1.92. The van der Waals surface area contributed by atoms with Gasteiger partial charge in [-0.3, -0.25) is 9.69 Å². The fraction of sp³-hybridized carbons (Fsp3) is 0.545. The highest BCUT2D eigenvalue weighted by atomic mass is 32.1. The van der Waals surface area contributed by atoms with Gasteiger partial charge in [0.2, 0.25) is 0 Å². The Morgan fingerprint density at radius 1 is 1.62 bits per heavy atom. The number of aliphatic hydroxyl groups excluding tert-OH is 1. The first-order valence-corrected chi connectivity index (χ1v) is 6.06. The van der Waals surface area contributed by atoms with E-state index in [1.807, 2.05) is 29.5 Å². The predicted molar refractivity (Wildman–Crippen MR) is 63.5 cm³/mol. The molecule has 5 heteroatoms. The number of hydrogen-bond acceptors (Lipinski definition) is 4. The molecule has 1 unspecified atom stereocenters. The number of nitrogens with zero attached hydrogens (tertiary/aromatic N) is 1. The quantitative estimate of drug-likeness (QED) is 0.760. The Bertz CT molecular complexity index is 313. The molecule has 0 spiro atoms. The molecule has 1 atom stereocenters. The molecule has 0 fully saturated rings. The van der Waals surface area contributed by atoms with Crippen molar-refractivity contribution in [1.29, 1.82) is 0 Å². The molecule has 0 aliphatic heterocycles. The summed E-state index contributed by atoms with van der Waals surface area (Å²) in [6.45, 7) is 1.30. The molecule has 0 aliphatic rings. The Morgan fingerprint density at radius 3 is 2.94 bits per heavy atom. The summed E-state index contributed by atoms with van der Waals surface area (Å²) in [6, 6.07) is 4.04. The molecule has 16 heavy (non-hydrogen) atoms. The minimum atomic E-state index is -0.861. The lowest BCUT2D eigenvalue weighted by atomic mass is 10.2. The third-order valence-electron chi connectivity index (χ3n) is 2.22. The normalized spacial score (nSPS) is 12.9. The van der Waals surface area contributed by atoms with Gasteiger partial charge in [0.25, 0.3) is 0 Å². The smallest absolute Gasteiger partial charge is 0.303 e. The Morgan fingerprint density at radius 2 is 2.38 bits per heavy atom. The number of aliphatic carboxylic acids is 1. The number of aliphatic hydroxyl groups is 1. The molecule has 0 radical (unpaired) electrons. The molecule has 4 nitrogen and oxygen atoms in total. The second-order valence-electron chi connectivity index (χ2n) is 3.86. The van der Waals surface area contributed by atoms with Crippen LogP contribution in [0.25, 0.3) is 0 Å². The van der Waals surface area contributed by atoms with Gasteiger partial charge < -0.3 is 10.2 Å². The lowest BCUT2D eigenvalue weighted by Crippen LogP contribution is -2.28. The molecule has 0 saturated heterocycles.